The molecule has 0 radical (unpaired) electrons. The van der Waals surface area contributed by atoms with Crippen LogP contribution in [0.25, 0.3) is 0 Å². The van der Waals surface area contributed by atoms with Crippen molar-refractivity contribution in [1.82, 2.24) is 5.32 Å². The number of phosphoric acid groups is 1. The van der Waals surface area contributed by atoms with Gasteiger partial charge >= 0.3 is 16.6 Å². The number of rotatable bonds is 16. The molecule has 0 fully saturated rings. The van der Waals surface area contributed by atoms with Crippen LogP contribution in [0, 0.1) is 0 Å². The summed E-state index contributed by atoms with van der Waals surface area (Å²) < 4.78 is 38.9. The van der Waals surface area contributed by atoms with E-state index in [1.807, 2.05) is 27.7 Å². The van der Waals surface area contributed by atoms with Crippen molar-refractivity contribution in [2.24, 2.45) is 0 Å². The summed E-state index contributed by atoms with van der Waals surface area (Å²) in [6.45, 7) is 4.13. The molecule has 0 aromatic rings. The molecule has 0 saturated heterocycles. The monoisotopic (exact) mass is 419 g/mol. The molecule has 1 atom stereocenters. The molecule has 0 heterocycles. The van der Waals surface area contributed by atoms with Gasteiger partial charge in [-0.15, -0.1) is 0 Å². The largest absolute Gasteiger partial charge is 0.489 e. The molecule has 1 unspecified atom stereocenters. The highest BCUT2D eigenvalue weighted by molar-refractivity contribution is 7.47. The van der Waals surface area contributed by atoms with Gasteiger partial charge in [-0.2, -0.15) is 0 Å². The average Bonchev–Trinajstić information content (AvgIpc) is 2.51. The van der Waals surface area contributed by atoms with Gasteiger partial charge in [0.1, 0.15) is 22.9 Å². The Morgan fingerprint density at radius 3 is 2.24 bits per heavy atom. The van der Waals surface area contributed by atoms with Crippen LogP contribution in [0.3, 0.4) is 0 Å². The van der Waals surface area contributed by atoms with Gasteiger partial charge in [-0.25, -0.2) is 4.57 Å². The first-order chi connectivity index (χ1) is 11.6. The van der Waals surface area contributed by atoms with Gasteiger partial charge in [-0.1, -0.05) is 6.55 Å². The number of hydrogen-bond acceptors (Lipinski definition) is 7. The van der Waals surface area contributed by atoms with Crippen LogP contribution in [0.1, 0.15) is 6.42 Å². The number of nitrogens with zero attached hydrogens (tertiary/aromatic N) is 1. The fourth-order valence-corrected chi connectivity index (χ4v) is 7.13. The highest BCUT2D eigenvalue weighted by Crippen LogP contribution is 2.42. The Labute approximate surface area is 155 Å². The first-order valence-electron chi connectivity index (χ1n) is 8.47. The Hall–Kier alpha value is 0.344. The number of quaternary nitrogens is 1. The summed E-state index contributed by atoms with van der Waals surface area (Å²) in [6.07, 6.45) is 0.832. The van der Waals surface area contributed by atoms with Gasteiger partial charge in [0.25, 0.3) is 0 Å². The molecule has 0 rings (SSSR count). The highest BCUT2D eigenvalue weighted by Gasteiger charge is 2.37. The van der Waals surface area contributed by atoms with E-state index in [0.29, 0.717) is 17.6 Å². The maximum absolute atomic E-state index is 11.7. The zero-order valence-corrected chi connectivity index (χ0v) is 19.8. The fourth-order valence-electron chi connectivity index (χ4n) is 1.95. The maximum atomic E-state index is 11.7. The third-order valence-electron chi connectivity index (χ3n) is 3.37. The van der Waals surface area contributed by atoms with Gasteiger partial charge < -0.3 is 27.7 Å². The molecule has 0 saturated carbocycles. The van der Waals surface area contributed by atoms with Crippen molar-refractivity contribution in [2.75, 3.05) is 68.2 Å². The zero-order valence-electron chi connectivity index (χ0n) is 16.4. The summed E-state index contributed by atoms with van der Waals surface area (Å²) >= 11 is 0. The number of phosphoric ester groups is 1. The molecule has 0 aliphatic rings. The highest BCUT2D eigenvalue weighted by atomic mass is 31.2. The lowest BCUT2D eigenvalue weighted by atomic mass is 10.5. The summed E-state index contributed by atoms with van der Waals surface area (Å²) in [5, 5.41) is 3.15. The van der Waals surface area contributed by atoms with E-state index >= 15 is 0 Å². The van der Waals surface area contributed by atoms with Crippen LogP contribution >= 0.6 is 7.82 Å². The van der Waals surface area contributed by atoms with E-state index in [2.05, 4.69) is 5.32 Å². The molecular weight excluding hydrogens is 383 g/mol. The summed E-state index contributed by atoms with van der Waals surface area (Å²) in [6, 6.07) is 0.737. The van der Waals surface area contributed by atoms with Gasteiger partial charge in [0.2, 0.25) is 0 Å². The van der Waals surface area contributed by atoms with Crippen molar-refractivity contribution < 1.29 is 36.0 Å². The van der Waals surface area contributed by atoms with E-state index in [0.717, 1.165) is 19.0 Å². The molecule has 12 heteroatoms. The molecule has 0 spiro atoms. The summed E-state index contributed by atoms with van der Waals surface area (Å²) in [4.78, 5) is 9.58. The summed E-state index contributed by atoms with van der Waals surface area (Å²) in [7, 11) is 2.13. The molecule has 0 aromatic carbocycles. The lowest BCUT2D eigenvalue weighted by molar-refractivity contribution is -0.870. The van der Waals surface area contributed by atoms with Crippen molar-refractivity contribution in [3.63, 3.8) is 0 Å². The van der Waals surface area contributed by atoms with Crippen LogP contribution in [0.4, 0.5) is 0 Å². The molecule has 152 valence electrons. The zero-order chi connectivity index (χ0) is 19.4. The van der Waals surface area contributed by atoms with Crippen molar-refractivity contribution in [2.45, 2.75) is 19.0 Å². The average molecular weight is 420 g/mol. The minimum atomic E-state index is -3.98. The van der Waals surface area contributed by atoms with Gasteiger partial charge in [0, 0.05) is 26.8 Å². The van der Waals surface area contributed by atoms with E-state index in [-0.39, 0.29) is 13.2 Å². The molecule has 25 heavy (non-hydrogen) atoms. The molecule has 0 aromatic heterocycles. The first kappa shape index (κ1) is 25.3. The molecular formula is C13H36N2O7PSi2+. The van der Waals surface area contributed by atoms with Gasteiger partial charge in [-0.05, 0) is 13.0 Å². The SMILES string of the molecule is CO[Si](CCCNCCOP(=O)(O)OCC[N+](C)(C)C)(OC)O[SiH2]C. The van der Waals surface area contributed by atoms with E-state index < -0.39 is 26.4 Å². The fraction of sp³-hybridized carbons (Fsp3) is 1.00. The van der Waals surface area contributed by atoms with Crippen molar-refractivity contribution >= 4 is 26.4 Å². The van der Waals surface area contributed by atoms with Gasteiger partial charge in [0.05, 0.1) is 27.7 Å². The Morgan fingerprint density at radius 2 is 1.72 bits per heavy atom. The normalized spacial score (nSPS) is 15.8. The predicted octanol–water partition coefficient (Wildman–Crippen LogP) is 0.186. The maximum Gasteiger partial charge on any atom is 0.489 e. The predicted molar refractivity (Wildman–Crippen MR) is 102 cm³/mol. The van der Waals surface area contributed by atoms with Gasteiger partial charge in [0.15, 0.2) is 0 Å². The second-order valence-electron chi connectivity index (χ2n) is 6.53. The van der Waals surface area contributed by atoms with Gasteiger partial charge in [-0.3, -0.25) is 9.05 Å². The number of hydrogen-bond donors (Lipinski definition) is 2. The Morgan fingerprint density at radius 1 is 1.12 bits per heavy atom. The molecule has 0 aliphatic heterocycles. The summed E-state index contributed by atoms with van der Waals surface area (Å²) in [5.41, 5.74) is 0. The second kappa shape index (κ2) is 12.7. The van der Waals surface area contributed by atoms with Crippen LogP contribution < -0.4 is 5.32 Å². The van der Waals surface area contributed by atoms with Crippen LogP contribution in [-0.4, -0.2) is 96.2 Å². The first-order valence-corrected chi connectivity index (χ1v) is 13.9. The van der Waals surface area contributed by atoms with E-state index in [4.69, 9.17) is 22.0 Å². The minimum Gasteiger partial charge on any atom is -0.422 e. The Kier molecular flexibility index (Phi) is 12.9. The Bertz CT molecular complexity index is 395. The van der Waals surface area contributed by atoms with Crippen LogP contribution in [0.15, 0.2) is 0 Å². The molecule has 9 nitrogen and oxygen atoms in total. The van der Waals surface area contributed by atoms with Crippen LogP contribution in [0.5, 0.6) is 0 Å². The Balaban J connectivity index is 3.82. The smallest absolute Gasteiger partial charge is 0.422 e. The minimum absolute atomic E-state index is 0.105. The van der Waals surface area contributed by atoms with Crippen molar-refractivity contribution in [3.8, 4) is 0 Å². The third-order valence-corrected chi connectivity index (χ3v) is 9.51. The van der Waals surface area contributed by atoms with E-state index in [1.165, 1.54) is 0 Å². The molecule has 0 bridgehead atoms. The lowest BCUT2D eigenvalue weighted by Crippen LogP contribution is -2.45. The molecule has 0 aliphatic carbocycles. The van der Waals surface area contributed by atoms with Crippen LogP contribution in [0.2, 0.25) is 12.6 Å². The second-order valence-corrected chi connectivity index (χ2v) is 12.4. The molecule has 0 amide bonds. The van der Waals surface area contributed by atoms with E-state index in [1.54, 1.807) is 14.2 Å². The topological polar surface area (TPSA) is 95.5 Å². The van der Waals surface area contributed by atoms with Crippen molar-refractivity contribution in [3.05, 3.63) is 0 Å². The van der Waals surface area contributed by atoms with E-state index in [9.17, 15) is 9.46 Å². The third kappa shape index (κ3) is 13.2. The quantitative estimate of drug-likeness (QED) is 0.158. The summed E-state index contributed by atoms with van der Waals surface area (Å²) in [5.74, 6) is 0. The number of nitrogens with one attached hydrogen (secondary N) is 1. The lowest BCUT2D eigenvalue weighted by Gasteiger charge is -2.26. The van der Waals surface area contributed by atoms with Crippen LogP contribution in [-0.2, 0) is 26.6 Å². The van der Waals surface area contributed by atoms with Crippen molar-refractivity contribution in [1.29, 1.82) is 0 Å². The number of likely N-dealkylation sites (N-methyl/N-ethyl adjacent to an activating group) is 1. The standard InChI is InChI=1S/C13H35N2O7PSi2/c1-15(2,3)10-12-21-23(16,17)20-11-9-14-8-7-13-25(18-4,19-5)22-24-6/h14H,7-13,24H2,1-6H3/p+1. The molecule has 2 N–H and O–H groups in total.